The number of ether oxygens (including phenoxy) is 1. The standard InChI is InChI=1S/C15H19N3O2S.ClH/c1-9-2-3-11-12(8-9)21-15(17-11)18-14(19)13(16)10-4-6-20-7-5-10;/h2-3,8,10,13H,4-7,16H2,1H3,(H,17,18,19);1H. The van der Waals surface area contributed by atoms with Crippen LogP contribution in [-0.4, -0.2) is 30.1 Å². The molecule has 3 N–H and O–H groups in total. The SMILES string of the molecule is Cc1ccc2nc(NC(=O)C(N)C3CCOCC3)sc2c1.Cl. The van der Waals surface area contributed by atoms with Gasteiger partial charge in [-0.25, -0.2) is 4.98 Å². The number of thiazole rings is 1. The molecule has 1 fully saturated rings. The van der Waals surface area contributed by atoms with Gasteiger partial charge in [0.15, 0.2) is 5.13 Å². The van der Waals surface area contributed by atoms with Crippen LogP contribution in [0.25, 0.3) is 10.2 Å². The lowest BCUT2D eigenvalue weighted by Crippen LogP contribution is -2.43. The number of nitrogens with one attached hydrogen (secondary N) is 1. The van der Waals surface area contributed by atoms with Gasteiger partial charge < -0.3 is 15.8 Å². The Morgan fingerprint density at radius 3 is 2.91 bits per heavy atom. The number of rotatable bonds is 3. The molecule has 1 amide bonds. The molecule has 0 aliphatic carbocycles. The Balaban J connectivity index is 0.00000176. The van der Waals surface area contributed by atoms with E-state index in [1.165, 1.54) is 16.9 Å². The molecule has 1 unspecified atom stereocenters. The average molecular weight is 342 g/mol. The first-order valence-corrected chi connectivity index (χ1v) is 7.96. The first kappa shape index (κ1) is 17.1. The van der Waals surface area contributed by atoms with Crippen molar-refractivity contribution in [3.63, 3.8) is 0 Å². The maximum absolute atomic E-state index is 12.2. The predicted octanol–water partition coefficient (Wildman–Crippen LogP) is 2.72. The summed E-state index contributed by atoms with van der Waals surface area (Å²) in [5.74, 6) is 0.0352. The third-order valence-electron chi connectivity index (χ3n) is 3.85. The molecule has 0 spiro atoms. The van der Waals surface area contributed by atoms with Crippen LogP contribution < -0.4 is 11.1 Å². The Morgan fingerprint density at radius 2 is 2.18 bits per heavy atom. The van der Waals surface area contributed by atoms with Gasteiger partial charge >= 0.3 is 0 Å². The summed E-state index contributed by atoms with van der Waals surface area (Å²) in [6, 6.07) is 5.56. The number of hydrogen-bond acceptors (Lipinski definition) is 5. The van der Waals surface area contributed by atoms with Crippen LogP contribution in [0, 0.1) is 12.8 Å². The Bertz CT molecular complexity index is 655. The molecule has 7 heteroatoms. The fraction of sp³-hybridized carbons (Fsp3) is 0.467. The van der Waals surface area contributed by atoms with E-state index in [4.69, 9.17) is 10.5 Å². The van der Waals surface area contributed by atoms with E-state index in [9.17, 15) is 4.79 Å². The number of hydrogen-bond donors (Lipinski definition) is 2. The van der Waals surface area contributed by atoms with E-state index in [0.29, 0.717) is 18.3 Å². The van der Waals surface area contributed by atoms with Gasteiger partial charge in [-0.1, -0.05) is 17.4 Å². The van der Waals surface area contributed by atoms with Crippen LogP contribution in [0.2, 0.25) is 0 Å². The van der Waals surface area contributed by atoms with E-state index in [1.54, 1.807) is 0 Å². The first-order chi connectivity index (χ1) is 10.1. The number of carbonyl (C=O) groups is 1. The molecule has 0 radical (unpaired) electrons. The van der Waals surface area contributed by atoms with Crippen LogP contribution in [0.4, 0.5) is 5.13 Å². The number of nitrogens with two attached hydrogens (primary N) is 1. The van der Waals surface area contributed by atoms with Gasteiger partial charge in [0.25, 0.3) is 0 Å². The number of benzene rings is 1. The molecule has 3 rings (SSSR count). The fourth-order valence-electron chi connectivity index (χ4n) is 2.56. The largest absolute Gasteiger partial charge is 0.381 e. The molecule has 1 aromatic carbocycles. The summed E-state index contributed by atoms with van der Waals surface area (Å²) >= 11 is 1.48. The van der Waals surface area contributed by atoms with Crippen molar-refractivity contribution in [2.75, 3.05) is 18.5 Å². The summed E-state index contributed by atoms with van der Waals surface area (Å²) in [5, 5.41) is 3.46. The predicted molar refractivity (Wildman–Crippen MR) is 91.8 cm³/mol. The van der Waals surface area contributed by atoms with Gasteiger partial charge in [0.2, 0.25) is 5.91 Å². The summed E-state index contributed by atoms with van der Waals surface area (Å²) < 4.78 is 6.38. The van der Waals surface area contributed by atoms with Crippen molar-refractivity contribution in [2.45, 2.75) is 25.8 Å². The molecular formula is C15H20ClN3O2S. The number of halogens is 1. The van der Waals surface area contributed by atoms with Gasteiger partial charge in [-0.2, -0.15) is 0 Å². The topological polar surface area (TPSA) is 77.2 Å². The number of anilines is 1. The maximum atomic E-state index is 12.2. The third kappa shape index (κ3) is 3.76. The van der Waals surface area contributed by atoms with E-state index in [-0.39, 0.29) is 24.2 Å². The van der Waals surface area contributed by atoms with E-state index >= 15 is 0 Å². The van der Waals surface area contributed by atoms with E-state index < -0.39 is 6.04 Å². The molecular weight excluding hydrogens is 322 g/mol. The third-order valence-corrected chi connectivity index (χ3v) is 4.78. The highest BCUT2D eigenvalue weighted by atomic mass is 35.5. The molecule has 1 aromatic heterocycles. The zero-order valence-electron chi connectivity index (χ0n) is 12.4. The molecule has 2 heterocycles. The number of amides is 1. The Hall–Kier alpha value is -1.21. The normalized spacial score (nSPS) is 17.0. The molecule has 22 heavy (non-hydrogen) atoms. The zero-order chi connectivity index (χ0) is 14.8. The molecule has 1 atom stereocenters. The number of aromatic nitrogens is 1. The maximum Gasteiger partial charge on any atom is 0.243 e. The van der Waals surface area contributed by atoms with E-state index in [0.717, 1.165) is 23.1 Å². The van der Waals surface area contributed by atoms with Crippen molar-refractivity contribution in [3.8, 4) is 0 Å². The smallest absolute Gasteiger partial charge is 0.243 e. The molecule has 120 valence electrons. The van der Waals surface area contributed by atoms with Crippen LogP contribution in [0.15, 0.2) is 18.2 Å². The van der Waals surface area contributed by atoms with Crippen molar-refractivity contribution < 1.29 is 9.53 Å². The number of carbonyl (C=O) groups excluding carboxylic acids is 1. The van der Waals surface area contributed by atoms with Crippen LogP contribution >= 0.6 is 23.7 Å². The van der Waals surface area contributed by atoms with Gasteiger partial charge in [0.1, 0.15) is 0 Å². The highest BCUT2D eigenvalue weighted by molar-refractivity contribution is 7.22. The number of fused-ring (bicyclic) bond motifs is 1. The zero-order valence-corrected chi connectivity index (χ0v) is 14.0. The van der Waals surface area contributed by atoms with E-state index in [2.05, 4.69) is 16.4 Å². The fourth-order valence-corrected chi connectivity index (χ4v) is 3.53. The van der Waals surface area contributed by atoms with Crippen molar-refractivity contribution in [1.29, 1.82) is 0 Å². The Morgan fingerprint density at radius 1 is 1.45 bits per heavy atom. The van der Waals surface area contributed by atoms with Crippen LogP contribution in [0.1, 0.15) is 18.4 Å². The average Bonchev–Trinajstić information content (AvgIpc) is 2.88. The number of aryl methyl sites for hydroxylation is 1. The van der Waals surface area contributed by atoms with E-state index in [1.807, 2.05) is 19.1 Å². The van der Waals surface area contributed by atoms with Crippen molar-refractivity contribution in [3.05, 3.63) is 23.8 Å². The summed E-state index contributed by atoms with van der Waals surface area (Å²) in [7, 11) is 0. The lowest BCUT2D eigenvalue weighted by molar-refractivity contribution is -0.119. The summed E-state index contributed by atoms with van der Waals surface area (Å²) in [5.41, 5.74) is 8.15. The Kier molecular flexibility index (Phi) is 5.74. The first-order valence-electron chi connectivity index (χ1n) is 7.15. The summed E-state index contributed by atoms with van der Waals surface area (Å²) in [4.78, 5) is 16.7. The second kappa shape index (κ2) is 7.37. The van der Waals surface area contributed by atoms with Crippen LogP contribution in [0.3, 0.4) is 0 Å². The minimum Gasteiger partial charge on any atom is -0.381 e. The summed E-state index contributed by atoms with van der Waals surface area (Å²) in [6.45, 7) is 3.41. The lowest BCUT2D eigenvalue weighted by Gasteiger charge is -2.26. The molecule has 0 bridgehead atoms. The Labute approximate surface area is 139 Å². The van der Waals surface area contributed by atoms with Crippen molar-refractivity contribution in [1.82, 2.24) is 4.98 Å². The molecule has 1 aliphatic heterocycles. The lowest BCUT2D eigenvalue weighted by atomic mass is 9.92. The second-order valence-corrected chi connectivity index (χ2v) is 6.49. The van der Waals surface area contributed by atoms with Gasteiger partial charge in [0.05, 0.1) is 16.3 Å². The van der Waals surface area contributed by atoms with Crippen LogP contribution in [-0.2, 0) is 9.53 Å². The quantitative estimate of drug-likeness (QED) is 0.899. The minimum atomic E-state index is -0.498. The molecule has 1 saturated heterocycles. The molecule has 0 saturated carbocycles. The summed E-state index contributed by atoms with van der Waals surface area (Å²) in [6.07, 6.45) is 1.68. The molecule has 5 nitrogen and oxygen atoms in total. The van der Waals surface area contributed by atoms with Gasteiger partial charge in [-0.15, -0.1) is 12.4 Å². The second-order valence-electron chi connectivity index (χ2n) is 5.46. The minimum absolute atomic E-state index is 0. The molecule has 2 aromatic rings. The van der Waals surface area contributed by atoms with Gasteiger partial charge in [-0.05, 0) is 43.4 Å². The number of nitrogens with zero attached hydrogens (tertiary/aromatic N) is 1. The van der Waals surface area contributed by atoms with Gasteiger partial charge in [-0.3, -0.25) is 4.79 Å². The van der Waals surface area contributed by atoms with Crippen LogP contribution in [0.5, 0.6) is 0 Å². The molecule has 1 aliphatic rings. The highest BCUT2D eigenvalue weighted by Gasteiger charge is 2.27. The van der Waals surface area contributed by atoms with Crippen molar-refractivity contribution in [2.24, 2.45) is 11.7 Å². The monoisotopic (exact) mass is 341 g/mol. The van der Waals surface area contributed by atoms with Gasteiger partial charge in [0, 0.05) is 13.2 Å². The van der Waals surface area contributed by atoms with Crippen molar-refractivity contribution >= 4 is 45.0 Å². The highest BCUT2D eigenvalue weighted by Crippen LogP contribution is 2.27.